The van der Waals surface area contributed by atoms with Gasteiger partial charge in [0.2, 0.25) is 0 Å². The van der Waals surface area contributed by atoms with Gasteiger partial charge in [0.1, 0.15) is 5.75 Å². The van der Waals surface area contributed by atoms with Crippen LogP contribution in [0, 0.1) is 0 Å². The first kappa shape index (κ1) is 15.5. The van der Waals surface area contributed by atoms with Gasteiger partial charge in [-0.1, -0.05) is 19.4 Å². The fourth-order valence-corrected chi connectivity index (χ4v) is 2.86. The standard InChI is InChI=1S/C18H18N2O2S/c1-2-3-9-22-15-6-4-5-13(10-15)18(21)20-14-7-8-17-16(11-14)19-12-23-17/h4-8,10-12H,2-3,9H2,1H3,(H,20,21). The quantitative estimate of drug-likeness (QED) is 0.666. The molecular weight excluding hydrogens is 308 g/mol. The van der Waals surface area contributed by atoms with Crippen LogP contribution in [0.4, 0.5) is 5.69 Å². The maximum atomic E-state index is 12.4. The summed E-state index contributed by atoms with van der Waals surface area (Å²) in [6.45, 7) is 2.79. The number of benzene rings is 2. The molecule has 0 aliphatic rings. The van der Waals surface area contributed by atoms with Crippen LogP contribution < -0.4 is 10.1 Å². The normalized spacial score (nSPS) is 10.7. The summed E-state index contributed by atoms with van der Waals surface area (Å²) >= 11 is 1.58. The van der Waals surface area contributed by atoms with Gasteiger partial charge in [0.25, 0.3) is 5.91 Å². The molecule has 0 radical (unpaired) electrons. The number of hydrogen-bond donors (Lipinski definition) is 1. The van der Waals surface area contributed by atoms with Crippen LogP contribution in [0.2, 0.25) is 0 Å². The molecule has 118 valence electrons. The highest BCUT2D eigenvalue weighted by atomic mass is 32.1. The minimum Gasteiger partial charge on any atom is -0.494 e. The minimum absolute atomic E-state index is 0.152. The van der Waals surface area contributed by atoms with Crippen molar-refractivity contribution in [2.24, 2.45) is 0 Å². The number of thiazole rings is 1. The van der Waals surface area contributed by atoms with Crippen molar-refractivity contribution in [1.82, 2.24) is 4.98 Å². The van der Waals surface area contributed by atoms with Gasteiger partial charge in [-0.15, -0.1) is 11.3 Å². The molecule has 0 atom stereocenters. The van der Waals surface area contributed by atoms with Crippen LogP contribution in [0.15, 0.2) is 48.0 Å². The minimum atomic E-state index is -0.152. The molecule has 1 N–H and O–H groups in total. The van der Waals surface area contributed by atoms with Gasteiger partial charge >= 0.3 is 0 Å². The molecule has 1 heterocycles. The maximum absolute atomic E-state index is 12.4. The predicted octanol–water partition coefficient (Wildman–Crippen LogP) is 4.73. The average Bonchev–Trinajstić information content (AvgIpc) is 3.03. The SMILES string of the molecule is CCCCOc1cccc(C(=O)Nc2ccc3scnc3c2)c1. The highest BCUT2D eigenvalue weighted by Gasteiger charge is 2.08. The summed E-state index contributed by atoms with van der Waals surface area (Å²) in [5, 5.41) is 2.90. The molecule has 0 saturated heterocycles. The molecule has 4 nitrogen and oxygen atoms in total. The van der Waals surface area contributed by atoms with E-state index in [2.05, 4.69) is 17.2 Å². The highest BCUT2D eigenvalue weighted by molar-refractivity contribution is 7.16. The number of anilines is 1. The van der Waals surface area contributed by atoms with Gasteiger partial charge in [0.05, 0.1) is 22.3 Å². The number of amides is 1. The van der Waals surface area contributed by atoms with Gasteiger partial charge in [-0.2, -0.15) is 0 Å². The van der Waals surface area contributed by atoms with Crippen LogP contribution in [0.3, 0.4) is 0 Å². The smallest absolute Gasteiger partial charge is 0.255 e. The van der Waals surface area contributed by atoms with Crippen molar-refractivity contribution in [3.63, 3.8) is 0 Å². The van der Waals surface area contributed by atoms with Gasteiger partial charge in [-0.25, -0.2) is 4.98 Å². The lowest BCUT2D eigenvalue weighted by atomic mass is 10.2. The highest BCUT2D eigenvalue weighted by Crippen LogP contribution is 2.22. The number of ether oxygens (including phenoxy) is 1. The first-order chi connectivity index (χ1) is 11.3. The van der Waals surface area contributed by atoms with Crippen molar-refractivity contribution in [2.45, 2.75) is 19.8 Å². The first-order valence-electron chi connectivity index (χ1n) is 7.64. The number of fused-ring (bicyclic) bond motifs is 1. The van der Waals surface area contributed by atoms with Crippen LogP contribution >= 0.6 is 11.3 Å². The molecule has 0 unspecified atom stereocenters. The lowest BCUT2D eigenvalue weighted by molar-refractivity contribution is 0.102. The number of rotatable bonds is 6. The molecule has 1 amide bonds. The lowest BCUT2D eigenvalue weighted by Crippen LogP contribution is -2.12. The van der Waals surface area contributed by atoms with Crippen LogP contribution in [-0.4, -0.2) is 17.5 Å². The van der Waals surface area contributed by atoms with Crippen LogP contribution in [0.1, 0.15) is 30.1 Å². The Morgan fingerprint density at radius 2 is 2.17 bits per heavy atom. The fourth-order valence-electron chi connectivity index (χ4n) is 2.20. The molecule has 3 rings (SSSR count). The summed E-state index contributed by atoms with van der Waals surface area (Å²) in [4.78, 5) is 16.6. The molecule has 23 heavy (non-hydrogen) atoms. The number of carbonyl (C=O) groups excluding carboxylic acids is 1. The Morgan fingerprint density at radius 3 is 3.04 bits per heavy atom. The molecule has 0 saturated carbocycles. The molecule has 0 aliphatic heterocycles. The Hall–Kier alpha value is -2.40. The van der Waals surface area contributed by atoms with E-state index in [4.69, 9.17) is 4.74 Å². The van der Waals surface area contributed by atoms with E-state index in [0.29, 0.717) is 12.2 Å². The van der Waals surface area contributed by atoms with Crippen molar-refractivity contribution in [2.75, 3.05) is 11.9 Å². The fraction of sp³-hybridized carbons (Fsp3) is 0.222. The maximum Gasteiger partial charge on any atom is 0.255 e. The molecule has 0 fully saturated rings. The molecule has 0 bridgehead atoms. The number of unbranched alkanes of at least 4 members (excludes halogenated alkanes) is 1. The summed E-state index contributed by atoms with van der Waals surface area (Å²) in [5.41, 5.74) is 4.01. The molecule has 0 spiro atoms. The van der Waals surface area contributed by atoms with E-state index in [9.17, 15) is 4.79 Å². The second-order valence-electron chi connectivity index (χ2n) is 5.22. The summed E-state index contributed by atoms with van der Waals surface area (Å²) in [6, 6.07) is 13.0. The third kappa shape index (κ3) is 3.87. The topological polar surface area (TPSA) is 51.2 Å². The van der Waals surface area contributed by atoms with Crippen LogP contribution in [-0.2, 0) is 0 Å². The van der Waals surface area contributed by atoms with E-state index in [0.717, 1.165) is 34.5 Å². The first-order valence-corrected chi connectivity index (χ1v) is 8.51. The number of nitrogens with one attached hydrogen (secondary N) is 1. The summed E-state index contributed by atoms with van der Waals surface area (Å²) < 4.78 is 6.75. The summed E-state index contributed by atoms with van der Waals surface area (Å²) in [7, 11) is 0. The zero-order chi connectivity index (χ0) is 16.1. The summed E-state index contributed by atoms with van der Waals surface area (Å²) in [5.74, 6) is 0.571. The Balaban J connectivity index is 1.70. The Labute approximate surface area is 139 Å². The van der Waals surface area contributed by atoms with Crippen molar-refractivity contribution < 1.29 is 9.53 Å². The summed E-state index contributed by atoms with van der Waals surface area (Å²) in [6.07, 6.45) is 2.09. The van der Waals surface area contributed by atoms with Gasteiger partial charge < -0.3 is 10.1 Å². The van der Waals surface area contributed by atoms with Crippen molar-refractivity contribution in [3.05, 3.63) is 53.5 Å². The van der Waals surface area contributed by atoms with Crippen molar-refractivity contribution in [3.8, 4) is 5.75 Å². The van der Waals surface area contributed by atoms with Gasteiger partial charge in [0.15, 0.2) is 0 Å². The van der Waals surface area contributed by atoms with E-state index >= 15 is 0 Å². The number of carbonyl (C=O) groups is 1. The van der Waals surface area contributed by atoms with Crippen molar-refractivity contribution in [1.29, 1.82) is 0 Å². The number of nitrogens with zero attached hydrogens (tertiary/aromatic N) is 1. The van der Waals surface area contributed by atoms with Crippen LogP contribution in [0.5, 0.6) is 5.75 Å². The Bertz CT molecular complexity index is 813. The average molecular weight is 326 g/mol. The van der Waals surface area contributed by atoms with E-state index in [1.807, 2.05) is 30.3 Å². The molecule has 3 aromatic rings. The lowest BCUT2D eigenvalue weighted by Gasteiger charge is -2.08. The van der Waals surface area contributed by atoms with E-state index < -0.39 is 0 Å². The second kappa shape index (κ2) is 7.24. The number of hydrogen-bond acceptors (Lipinski definition) is 4. The molecule has 1 aromatic heterocycles. The Kier molecular flexibility index (Phi) is 4.88. The van der Waals surface area contributed by atoms with Crippen LogP contribution in [0.25, 0.3) is 10.2 Å². The molecule has 0 aliphatic carbocycles. The largest absolute Gasteiger partial charge is 0.494 e. The number of aromatic nitrogens is 1. The second-order valence-corrected chi connectivity index (χ2v) is 6.11. The molecular formula is C18H18N2O2S. The zero-order valence-corrected chi connectivity index (χ0v) is 13.7. The van der Waals surface area contributed by atoms with Gasteiger partial charge in [-0.3, -0.25) is 4.79 Å². The molecule has 2 aromatic carbocycles. The molecule has 5 heteroatoms. The van der Waals surface area contributed by atoms with E-state index in [-0.39, 0.29) is 5.91 Å². The monoisotopic (exact) mass is 326 g/mol. The predicted molar refractivity (Wildman–Crippen MR) is 94.4 cm³/mol. The third-order valence-electron chi connectivity index (χ3n) is 3.45. The van der Waals surface area contributed by atoms with Gasteiger partial charge in [0, 0.05) is 11.3 Å². The van der Waals surface area contributed by atoms with E-state index in [1.165, 1.54) is 0 Å². The van der Waals surface area contributed by atoms with Gasteiger partial charge in [-0.05, 0) is 42.8 Å². The third-order valence-corrected chi connectivity index (χ3v) is 4.26. The van der Waals surface area contributed by atoms with E-state index in [1.54, 1.807) is 29.0 Å². The zero-order valence-electron chi connectivity index (χ0n) is 12.9. The Morgan fingerprint density at radius 1 is 1.26 bits per heavy atom. The van der Waals surface area contributed by atoms with Crippen molar-refractivity contribution >= 4 is 33.1 Å².